The van der Waals surface area contributed by atoms with E-state index >= 15 is 0 Å². The predicted octanol–water partition coefficient (Wildman–Crippen LogP) is -0.279. The number of pyridine rings is 1. The normalized spacial score (nSPS) is 12.5. The van der Waals surface area contributed by atoms with Crippen molar-refractivity contribution >= 4 is 17.5 Å². The third-order valence-corrected chi connectivity index (χ3v) is 3.03. The second-order valence-electron chi connectivity index (χ2n) is 5.00. The molecule has 2 heterocycles. The number of hydrogen-bond donors (Lipinski definition) is 2. The van der Waals surface area contributed by atoms with Gasteiger partial charge in [-0.1, -0.05) is 19.9 Å². The molecule has 21 heavy (non-hydrogen) atoms. The second-order valence-corrected chi connectivity index (χ2v) is 5.00. The number of carboxylic acids is 1. The molecule has 2 aromatic heterocycles. The zero-order valence-electron chi connectivity index (χ0n) is 11.7. The van der Waals surface area contributed by atoms with Crippen molar-refractivity contribution in [2.45, 2.75) is 26.4 Å². The van der Waals surface area contributed by atoms with Crippen LogP contribution in [0.2, 0.25) is 0 Å². The molecule has 1 unspecified atom stereocenters. The summed E-state index contributed by atoms with van der Waals surface area (Å²) in [6.45, 7) is 3.06. The molecular formula is C13H16N4O4. The maximum Gasteiger partial charge on any atom is 0.350 e. The smallest absolute Gasteiger partial charge is 0.350 e. The van der Waals surface area contributed by atoms with Gasteiger partial charge in [0.15, 0.2) is 5.65 Å². The first-order chi connectivity index (χ1) is 9.90. The summed E-state index contributed by atoms with van der Waals surface area (Å²) < 4.78 is 2.31. The Bertz CT molecular complexity index is 731. The number of fused-ring (bicyclic) bond motifs is 1. The lowest BCUT2D eigenvalue weighted by molar-refractivity contribution is -0.143. The van der Waals surface area contributed by atoms with Gasteiger partial charge in [-0.2, -0.15) is 0 Å². The topological polar surface area (TPSA) is 106 Å². The van der Waals surface area contributed by atoms with Gasteiger partial charge in [-0.15, -0.1) is 5.10 Å². The van der Waals surface area contributed by atoms with Crippen molar-refractivity contribution in [1.82, 2.24) is 19.5 Å². The fraction of sp³-hybridized carbons (Fsp3) is 0.385. The number of aliphatic carboxylic acids is 1. The lowest BCUT2D eigenvalue weighted by atomic mass is 10.1. The predicted molar refractivity (Wildman–Crippen MR) is 73.9 cm³/mol. The highest BCUT2D eigenvalue weighted by Gasteiger charge is 2.23. The van der Waals surface area contributed by atoms with E-state index in [2.05, 4.69) is 10.4 Å². The van der Waals surface area contributed by atoms with E-state index in [0.717, 1.165) is 4.68 Å². The molecule has 2 aromatic rings. The van der Waals surface area contributed by atoms with Gasteiger partial charge in [0.2, 0.25) is 5.91 Å². The van der Waals surface area contributed by atoms with Crippen LogP contribution >= 0.6 is 0 Å². The van der Waals surface area contributed by atoms with Gasteiger partial charge < -0.3 is 10.4 Å². The van der Waals surface area contributed by atoms with Crippen molar-refractivity contribution in [2.75, 3.05) is 0 Å². The Kier molecular flexibility index (Phi) is 4.06. The molecular weight excluding hydrogens is 276 g/mol. The van der Waals surface area contributed by atoms with Crippen molar-refractivity contribution < 1.29 is 14.7 Å². The van der Waals surface area contributed by atoms with Gasteiger partial charge in [0, 0.05) is 6.20 Å². The number of nitrogens with zero attached hydrogens (tertiary/aromatic N) is 3. The fourth-order valence-electron chi connectivity index (χ4n) is 1.94. The van der Waals surface area contributed by atoms with Crippen LogP contribution in [0.4, 0.5) is 0 Å². The van der Waals surface area contributed by atoms with Gasteiger partial charge in [-0.05, 0) is 18.1 Å². The molecule has 0 aromatic carbocycles. The van der Waals surface area contributed by atoms with Crippen LogP contribution in [0.3, 0.4) is 0 Å². The van der Waals surface area contributed by atoms with E-state index in [-0.39, 0.29) is 12.5 Å². The standard InChI is InChI=1S/C13H16N4O4/c1-8(2)11(12(19)20)14-10(18)7-17-13(21)16-6-4-3-5-9(16)15-17/h3-6,8,11H,7H2,1-2H3,(H,14,18)(H,19,20). The third-order valence-electron chi connectivity index (χ3n) is 3.03. The zero-order chi connectivity index (χ0) is 15.6. The largest absolute Gasteiger partial charge is 0.480 e. The van der Waals surface area contributed by atoms with Crippen LogP contribution in [0.15, 0.2) is 29.2 Å². The molecule has 0 bridgehead atoms. The van der Waals surface area contributed by atoms with Crippen LogP contribution in [-0.4, -0.2) is 37.2 Å². The summed E-state index contributed by atoms with van der Waals surface area (Å²) in [5, 5.41) is 15.4. The summed E-state index contributed by atoms with van der Waals surface area (Å²) in [4.78, 5) is 34.9. The molecule has 0 radical (unpaired) electrons. The molecule has 0 fully saturated rings. The van der Waals surface area contributed by atoms with Gasteiger partial charge in [0.25, 0.3) is 0 Å². The minimum absolute atomic E-state index is 0.260. The highest BCUT2D eigenvalue weighted by atomic mass is 16.4. The van der Waals surface area contributed by atoms with Crippen LogP contribution in [0.1, 0.15) is 13.8 Å². The minimum Gasteiger partial charge on any atom is -0.480 e. The number of carboxylic acid groups (broad SMARTS) is 1. The summed E-state index contributed by atoms with van der Waals surface area (Å²) >= 11 is 0. The van der Waals surface area contributed by atoms with E-state index in [1.165, 1.54) is 4.40 Å². The Hall–Kier alpha value is -2.64. The fourth-order valence-corrected chi connectivity index (χ4v) is 1.94. The molecule has 0 aliphatic heterocycles. The van der Waals surface area contributed by atoms with Crippen LogP contribution in [0.25, 0.3) is 5.65 Å². The molecule has 8 heteroatoms. The van der Waals surface area contributed by atoms with Crippen LogP contribution in [0.5, 0.6) is 0 Å². The number of carbonyl (C=O) groups excluding carboxylic acids is 1. The first kappa shape index (κ1) is 14.8. The number of carbonyl (C=O) groups is 2. The Morgan fingerprint density at radius 2 is 2.10 bits per heavy atom. The van der Waals surface area contributed by atoms with Crippen molar-refractivity contribution in [1.29, 1.82) is 0 Å². The Labute approximate surface area is 120 Å². The highest BCUT2D eigenvalue weighted by molar-refractivity contribution is 5.83. The van der Waals surface area contributed by atoms with Crippen LogP contribution < -0.4 is 11.0 Å². The Morgan fingerprint density at radius 3 is 2.67 bits per heavy atom. The molecule has 0 spiro atoms. The van der Waals surface area contributed by atoms with Crippen molar-refractivity contribution in [3.8, 4) is 0 Å². The number of amides is 1. The molecule has 2 rings (SSSR count). The molecule has 8 nitrogen and oxygen atoms in total. The number of aromatic nitrogens is 3. The van der Waals surface area contributed by atoms with E-state index in [1.807, 2.05) is 0 Å². The first-order valence-corrected chi connectivity index (χ1v) is 6.46. The number of nitrogens with one attached hydrogen (secondary N) is 1. The molecule has 2 N–H and O–H groups in total. The van der Waals surface area contributed by atoms with Crippen molar-refractivity contribution in [3.05, 3.63) is 34.9 Å². The SMILES string of the molecule is CC(C)C(NC(=O)Cn1nc2ccccn2c1=O)C(=O)O. The second kappa shape index (κ2) is 5.78. The van der Waals surface area contributed by atoms with E-state index in [9.17, 15) is 14.4 Å². The summed E-state index contributed by atoms with van der Waals surface area (Å²) in [5.74, 6) is -1.94. The van der Waals surface area contributed by atoms with E-state index < -0.39 is 23.6 Å². The molecule has 112 valence electrons. The van der Waals surface area contributed by atoms with Crippen LogP contribution in [-0.2, 0) is 16.1 Å². The number of rotatable bonds is 5. The molecule has 1 atom stereocenters. The number of hydrogen-bond acceptors (Lipinski definition) is 4. The van der Waals surface area contributed by atoms with E-state index in [4.69, 9.17) is 5.11 Å². The molecule has 0 saturated carbocycles. The lowest BCUT2D eigenvalue weighted by Crippen LogP contribution is -2.46. The molecule has 1 amide bonds. The highest BCUT2D eigenvalue weighted by Crippen LogP contribution is 2.02. The van der Waals surface area contributed by atoms with Gasteiger partial charge in [0.05, 0.1) is 0 Å². The van der Waals surface area contributed by atoms with E-state index in [0.29, 0.717) is 5.65 Å². The first-order valence-electron chi connectivity index (χ1n) is 6.46. The summed E-state index contributed by atoms with van der Waals surface area (Å²) in [5.41, 5.74) is -0.0221. The Balaban J connectivity index is 2.16. The Morgan fingerprint density at radius 1 is 1.38 bits per heavy atom. The maximum atomic E-state index is 12.0. The van der Waals surface area contributed by atoms with Gasteiger partial charge in [0.1, 0.15) is 12.6 Å². The maximum absolute atomic E-state index is 12.0. The molecule has 0 saturated heterocycles. The van der Waals surface area contributed by atoms with Gasteiger partial charge in [-0.25, -0.2) is 14.3 Å². The van der Waals surface area contributed by atoms with Crippen molar-refractivity contribution in [2.24, 2.45) is 5.92 Å². The zero-order valence-corrected chi connectivity index (χ0v) is 11.7. The molecule has 0 aliphatic rings. The minimum atomic E-state index is -1.11. The van der Waals surface area contributed by atoms with Crippen LogP contribution in [0, 0.1) is 5.92 Å². The summed E-state index contributed by atoms with van der Waals surface area (Å²) in [6, 6.07) is 4.06. The lowest BCUT2D eigenvalue weighted by Gasteiger charge is -2.17. The van der Waals surface area contributed by atoms with E-state index in [1.54, 1.807) is 38.2 Å². The van der Waals surface area contributed by atoms with Gasteiger partial charge >= 0.3 is 11.7 Å². The third kappa shape index (κ3) is 3.10. The molecule has 0 aliphatic carbocycles. The van der Waals surface area contributed by atoms with Crippen molar-refractivity contribution in [3.63, 3.8) is 0 Å². The average Bonchev–Trinajstić information content (AvgIpc) is 2.73. The quantitative estimate of drug-likeness (QED) is 0.788. The summed E-state index contributed by atoms with van der Waals surface area (Å²) in [6.07, 6.45) is 1.55. The van der Waals surface area contributed by atoms with Gasteiger partial charge in [-0.3, -0.25) is 9.20 Å². The monoisotopic (exact) mass is 292 g/mol. The average molecular weight is 292 g/mol. The summed E-state index contributed by atoms with van der Waals surface area (Å²) in [7, 11) is 0.